The highest BCUT2D eigenvalue weighted by molar-refractivity contribution is 5.66. The third kappa shape index (κ3) is 4.62. The first kappa shape index (κ1) is 16.7. The quantitative estimate of drug-likeness (QED) is 0.515. The normalized spacial score (nSPS) is 12.3. The molecule has 1 atom stereocenters. The Hall–Kier alpha value is -1.38. The van der Waals surface area contributed by atoms with Crippen molar-refractivity contribution < 1.29 is 4.74 Å². The third-order valence-electron chi connectivity index (χ3n) is 3.70. The molecule has 114 valence electrons. The van der Waals surface area contributed by atoms with Crippen molar-refractivity contribution in [1.82, 2.24) is 0 Å². The minimum atomic E-state index is 0.237. The summed E-state index contributed by atoms with van der Waals surface area (Å²) in [6.07, 6.45) is 7.98. The standard InChI is InChI=1S/C17H30N2O/c1-4-7-8-10-13(6-3)20-17-14(9-5-2)15(18)11-12-16(17)19/h11-13H,4-10,18-19H2,1-3H3. The highest BCUT2D eigenvalue weighted by Gasteiger charge is 2.15. The fourth-order valence-electron chi connectivity index (χ4n) is 2.44. The summed E-state index contributed by atoms with van der Waals surface area (Å²) < 4.78 is 6.20. The number of rotatable bonds is 9. The third-order valence-corrected chi connectivity index (χ3v) is 3.70. The minimum Gasteiger partial charge on any atom is -0.488 e. The van der Waals surface area contributed by atoms with Gasteiger partial charge < -0.3 is 16.2 Å². The molecule has 4 N–H and O–H groups in total. The summed E-state index contributed by atoms with van der Waals surface area (Å²) in [5.41, 5.74) is 14.7. The molecule has 0 amide bonds. The lowest BCUT2D eigenvalue weighted by Gasteiger charge is -2.22. The Kier molecular flexibility index (Phi) is 7.27. The van der Waals surface area contributed by atoms with Gasteiger partial charge in [-0.3, -0.25) is 0 Å². The van der Waals surface area contributed by atoms with Gasteiger partial charge >= 0.3 is 0 Å². The fraction of sp³-hybridized carbons (Fsp3) is 0.647. The van der Waals surface area contributed by atoms with Crippen LogP contribution in [-0.2, 0) is 6.42 Å². The van der Waals surface area contributed by atoms with Gasteiger partial charge in [0.15, 0.2) is 0 Å². The van der Waals surface area contributed by atoms with Crippen molar-refractivity contribution in [3.8, 4) is 5.75 Å². The van der Waals surface area contributed by atoms with Crippen molar-refractivity contribution in [2.24, 2.45) is 0 Å². The van der Waals surface area contributed by atoms with Gasteiger partial charge in [0.05, 0.1) is 11.8 Å². The van der Waals surface area contributed by atoms with Crippen LogP contribution in [0, 0.1) is 0 Å². The van der Waals surface area contributed by atoms with Crippen LogP contribution in [0.4, 0.5) is 11.4 Å². The molecule has 0 aliphatic carbocycles. The van der Waals surface area contributed by atoms with E-state index in [9.17, 15) is 0 Å². The molecule has 0 saturated carbocycles. The molecule has 3 nitrogen and oxygen atoms in total. The van der Waals surface area contributed by atoms with Gasteiger partial charge in [-0.1, -0.05) is 40.0 Å². The lowest BCUT2D eigenvalue weighted by Crippen LogP contribution is -2.17. The largest absolute Gasteiger partial charge is 0.488 e. The first-order chi connectivity index (χ1) is 9.63. The smallest absolute Gasteiger partial charge is 0.147 e. The number of unbranched alkanes of at least 4 members (excludes halogenated alkanes) is 2. The summed E-state index contributed by atoms with van der Waals surface area (Å²) in [4.78, 5) is 0. The van der Waals surface area contributed by atoms with Gasteiger partial charge in [-0.2, -0.15) is 0 Å². The summed E-state index contributed by atoms with van der Waals surface area (Å²) in [5.74, 6) is 0.815. The Bertz CT molecular complexity index is 404. The minimum absolute atomic E-state index is 0.237. The first-order valence-electron chi connectivity index (χ1n) is 7.97. The molecule has 0 radical (unpaired) electrons. The zero-order valence-electron chi connectivity index (χ0n) is 13.2. The molecule has 20 heavy (non-hydrogen) atoms. The second kappa shape index (κ2) is 8.72. The van der Waals surface area contributed by atoms with Crippen molar-refractivity contribution in [2.45, 2.75) is 71.8 Å². The van der Waals surface area contributed by atoms with E-state index in [-0.39, 0.29) is 6.10 Å². The molecule has 1 aromatic carbocycles. The summed E-state index contributed by atoms with van der Waals surface area (Å²) in [5, 5.41) is 0. The summed E-state index contributed by atoms with van der Waals surface area (Å²) in [6.45, 7) is 6.53. The Labute approximate surface area is 123 Å². The van der Waals surface area contributed by atoms with Crippen LogP contribution in [0.5, 0.6) is 5.75 Å². The maximum atomic E-state index is 6.20. The number of nitrogen functional groups attached to an aromatic ring is 2. The molecule has 0 aliphatic rings. The van der Waals surface area contributed by atoms with Crippen molar-refractivity contribution >= 4 is 11.4 Å². The summed E-state index contributed by atoms with van der Waals surface area (Å²) >= 11 is 0. The van der Waals surface area contributed by atoms with Crippen LogP contribution in [0.15, 0.2) is 12.1 Å². The lowest BCUT2D eigenvalue weighted by atomic mass is 10.0. The maximum absolute atomic E-state index is 6.20. The van der Waals surface area contributed by atoms with Crippen LogP contribution in [0.25, 0.3) is 0 Å². The SMILES string of the molecule is CCCCCC(CC)Oc1c(N)ccc(N)c1CCC. The Morgan fingerprint density at radius 3 is 2.30 bits per heavy atom. The van der Waals surface area contributed by atoms with E-state index in [1.54, 1.807) is 0 Å². The Morgan fingerprint density at radius 2 is 1.70 bits per heavy atom. The zero-order valence-corrected chi connectivity index (χ0v) is 13.2. The Balaban J connectivity index is 2.85. The molecule has 0 aromatic heterocycles. The van der Waals surface area contributed by atoms with Crippen LogP contribution >= 0.6 is 0 Å². The van der Waals surface area contributed by atoms with Gasteiger partial charge in [0, 0.05) is 11.3 Å². The topological polar surface area (TPSA) is 61.3 Å². The Morgan fingerprint density at radius 1 is 1.00 bits per heavy atom. The average molecular weight is 278 g/mol. The summed E-state index contributed by atoms with van der Waals surface area (Å²) in [6, 6.07) is 3.73. The van der Waals surface area contributed by atoms with Crippen molar-refractivity contribution in [2.75, 3.05) is 11.5 Å². The van der Waals surface area contributed by atoms with E-state index < -0.39 is 0 Å². The maximum Gasteiger partial charge on any atom is 0.147 e. The molecule has 0 fully saturated rings. The molecule has 1 aromatic rings. The number of ether oxygens (including phenoxy) is 1. The lowest BCUT2D eigenvalue weighted by molar-refractivity contribution is 0.182. The predicted octanol–water partition coefficient (Wildman–Crippen LogP) is 4.54. The molecular formula is C17H30N2O. The van der Waals surface area contributed by atoms with Crippen LogP contribution in [0.3, 0.4) is 0 Å². The highest BCUT2D eigenvalue weighted by Crippen LogP contribution is 2.34. The number of hydrogen-bond acceptors (Lipinski definition) is 3. The second-order valence-corrected chi connectivity index (χ2v) is 5.45. The molecule has 0 spiro atoms. The van der Waals surface area contributed by atoms with E-state index in [1.165, 1.54) is 19.3 Å². The van der Waals surface area contributed by atoms with E-state index >= 15 is 0 Å². The monoisotopic (exact) mass is 278 g/mol. The van der Waals surface area contributed by atoms with E-state index in [0.717, 1.165) is 42.7 Å². The first-order valence-corrected chi connectivity index (χ1v) is 7.97. The fourth-order valence-corrected chi connectivity index (χ4v) is 2.44. The van der Waals surface area contributed by atoms with E-state index in [0.29, 0.717) is 5.69 Å². The zero-order chi connectivity index (χ0) is 15.0. The number of nitrogens with two attached hydrogens (primary N) is 2. The average Bonchev–Trinajstić information content (AvgIpc) is 2.45. The van der Waals surface area contributed by atoms with Gasteiger partial charge in [0.2, 0.25) is 0 Å². The van der Waals surface area contributed by atoms with E-state index in [1.807, 2.05) is 12.1 Å². The van der Waals surface area contributed by atoms with Crippen LogP contribution < -0.4 is 16.2 Å². The van der Waals surface area contributed by atoms with Gasteiger partial charge in [-0.25, -0.2) is 0 Å². The second-order valence-electron chi connectivity index (χ2n) is 5.45. The number of anilines is 2. The van der Waals surface area contributed by atoms with Gasteiger partial charge in [-0.15, -0.1) is 0 Å². The highest BCUT2D eigenvalue weighted by atomic mass is 16.5. The van der Waals surface area contributed by atoms with E-state index in [4.69, 9.17) is 16.2 Å². The molecule has 0 saturated heterocycles. The van der Waals surface area contributed by atoms with Crippen LogP contribution in [-0.4, -0.2) is 6.10 Å². The van der Waals surface area contributed by atoms with Crippen molar-refractivity contribution in [3.63, 3.8) is 0 Å². The summed E-state index contributed by atoms with van der Waals surface area (Å²) in [7, 11) is 0. The number of benzene rings is 1. The van der Waals surface area contributed by atoms with Gasteiger partial charge in [0.25, 0.3) is 0 Å². The van der Waals surface area contributed by atoms with Crippen molar-refractivity contribution in [1.29, 1.82) is 0 Å². The molecule has 0 aliphatic heterocycles. The van der Waals surface area contributed by atoms with Crippen molar-refractivity contribution in [3.05, 3.63) is 17.7 Å². The van der Waals surface area contributed by atoms with Gasteiger partial charge in [0.1, 0.15) is 5.75 Å². The molecular weight excluding hydrogens is 248 g/mol. The molecule has 1 unspecified atom stereocenters. The van der Waals surface area contributed by atoms with Gasteiger partial charge in [-0.05, 0) is 37.8 Å². The molecule has 0 heterocycles. The molecule has 0 bridgehead atoms. The predicted molar refractivity (Wildman–Crippen MR) is 88.1 cm³/mol. The van der Waals surface area contributed by atoms with Crippen LogP contribution in [0.2, 0.25) is 0 Å². The molecule has 3 heteroatoms. The van der Waals surface area contributed by atoms with E-state index in [2.05, 4.69) is 20.8 Å². The molecule has 1 rings (SSSR count). The number of hydrogen-bond donors (Lipinski definition) is 2. The van der Waals surface area contributed by atoms with Crippen LogP contribution in [0.1, 0.15) is 64.9 Å².